The van der Waals surface area contributed by atoms with E-state index < -0.39 is 18.1 Å². The molecule has 0 aliphatic rings. The fourth-order valence-corrected chi connectivity index (χ4v) is 3.53. The summed E-state index contributed by atoms with van der Waals surface area (Å²) in [5.74, 6) is -2.38. The maximum atomic E-state index is 12.3. The molecule has 2 amide bonds. The number of hydrogen-bond donors (Lipinski definition) is 2. The van der Waals surface area contributed by atoms with Crippen molar-refractivity contribution in [2.75, 3.05) is 46.4 Å². The van der Waals surface area contributed by atoms with E-state index in [2.05, 4.69) is 18.9 Å². The smallest absolute Gasteiger partial charge is 0.463 e. The molecule has 0 aliphatic carbocycles. The summed E-state index contributed by atoms with van der Waals surface area (Å²) in [5.41, 5.74) is 0. The van der Waals surface area contributed by atoms with E-state index in [-0.39, 0.29) is 12.5 Å². The zero-order valence-corrected chi connectivity index (χ0v) is 20.1. The second kappa shape index (κ2) is 17.4. The Balaban J connectivity index is 4.19. The normalized spacial score (nSPS) is 13.1. The molecule has 0 radical (unpaired) electrons. The molecule has 0 saturated heterocycles. The van der Waals surface area contributed by atoms with Gasteiger partial charge in [0, 0.05) is 38.9 Å². The lowest BCUT2D eigenvalue weighted by Gasteiger charge is -2.35. The van der Waals surface area contributed by atoms with Gasteiger partial charge in [0.2, 0.25) is 5.91 Å². The highest BCUT2D eigenvalue weighted by Gasteiger charge is 2.38. The molecule has 0 aromatic rings. The molecule has 0 fully saturated rings. The summed E-state index contributed by atoms with van der Waals surface area (Å²) < 4.78 is 42.6. The summed E-state index contributed by atoms with van der Waals surface area (Å²) in [6, 6.07) is 0. The molecule has 0 spiro atoms. The monoisotopic (exact) mass is 480 g/mol. The quantitative estimate of drug-likeness (QED) is 0.128. The van der Waals surface area contributed by atoms with Crippen LogP contribution in [-0.4, -0.2) is 74.8 Å². The highest BCUT2D eigenvalue weighted by atomic mass is 19.4. The summed E-state index contributed by atoms with van der Waals surface area (Å²) in [5, 5.41) is 4.70. The van der Waals surface area contributed by atoms with Gasteiger partial charge in [0.25, 0.3) is 0 Å². The molecular weight excluding hydrogens is 439 g/mol. The van der Waals surface area contributed by atoms with Crippen LogP contribution in [0.25, 0.3) is 0 Å². The highest BCUT2D eigenvalue weighted by molar-refractivity contribution is 5.81. The predicted molar refractivity (Wildman–Crippen MR) is 121 cm³/mol. The lowest BCUT2D eigenvalue weighted by molar-refractivity contribution is -0.910. The first-order valence-electron chi connectivity index (χ1n) is 11.7. The SMILES string of the molecule is C=CC(=O)OCCCCCCCCC[N+](C)(CCCNC(C)=O)CCCNC(=O)C(F)(F)F. The van der Waals surface area contributed by atoms with Gasteiger partial charge in [0.1, 0.15) is 0 Å². The van der Waals surface area contributed by atoms with Crippen LogP contribution in [0.15, 0.2) is 12.7 Å². The van der Waals surface area contributed by atoms with Crippen LogP contribution in [0.2, 0.25) is 0 Å². The molecule has 0 aromatic heterocycles. The van der Waals surface area contributed by atoms with Gasteiger partial charge in [-0.05, 0) is 19.3 Å². The van der Waals surface area contributed by atoms with E-state index in [1.54, 1.807) is 0 Å². The molecule has 0 saturated carbocycles. The van der Waals surface area contributed by atoms with E-state index in [0.717, 1.165) is 70.5 Å². The molecule has 192 valence electrons. The molecule has 1 unspecified atom stereocenters. The molecule has 0 bridgehead atoms. The van der Waals surface area contributed by atoms with Gasteiger partial charge < -0.3 is 19.9 Å². The Morgan fingerprint density at radius 1 is 0.848 bits per heavy atom. The van der Waals surface area contributed by atoms with Gasteiger partial charge in [-0.25, -0.2) is 4.79 Å². The first-order valence-corrected chi connectivity index (χ1v) is 11.7. The maximum absolute atomic E-state index is 12.3. The van der Waals surface area contributed by atoms with Crippen LogP contribution < -0.4 is 10.6 Å². The van der Waals surface area contributed by atoms with Crippen molar-refractivity contribution in [2.24, 2.45) is 0 Å². The van der Waals surface area contributed by atoms with Crippen molar-refractivity contribution in [1.29, 1.82) is 0 Å². The minimum atomic E-state index is -4.85. The fourth-order valence-electron chi connectivity index (χ4n) is 3.53. The second-order valence-electron chi connectivity index (χ2n) is 8.58. The number of rotatable bonds is 19. The van der Waals surface area contributed by atoms with Gasteiger partial charge in [0.05, 0.1) is 33.3 Å². The van der Waals surface area contributed by atoms with Gasteiger partial charge in [0.15, 0.2) is 0 Å². The molecular formula is C23H41F3N3O4+. The Morgan fingerprint density at radius 2 is 1.33 bits per heavy atom. The number of nitrogens with one attached hydrogen (secondary N) is 2. The fraction of sp³-hybridized carbons (Fsp3) is 0.783. The molecule has 10 heteroatoms. The van der Waals surface area contributed by atoms with Gasteiger partial charge in [-0.1, -0.05) is 32.3 Å². The summed E-state index contributed by atoms with van der Waals surface area (Å²) in [6.45, 7) is 8.13. The lowest BCUT2D eigenvalue weighted by Crippen LogP contribution is -2.48. The van der Waals surface area contributed by atoms with Gasteiger partial charge in [-0.15, -0.1) is 0 Å². The van der Waals surface area contributed by atoms with Gasteiger partial charge >= 0.3 is 18.1 Å². The number of carbonyl (C=O) groups excluding carboxylic acids is 3. The average molecular weight is 481 g/mol. The van der Waals surface area contributed by atoms with Crippen molar-refractivity contribution >= 4 is 17.8 Å². The minimum Gasteiger partial charge on any atom is -0.463 e. The van der Waals surface area contributed by atoms with Gasteiger partial charge in [-0.3, -0.25) is 9.59 Å². The number of ether oxygens (including phenoxy) is 1. The number of nitrogens with zero attached hydrogens (tertiary/aromatic N) is 1. The zero-order chi connectivity index (χ0) is 25.2. The number of carbonyl (C=O) groups is 3. The Morgan fingerprint density at radius 3 is 1.85 bits per heavy atom. The van der Waals surface area contributed by atoms with Crippen molar-refractivity contribution in [3.05, 3.63) is 12.7 Å². The van der Waals surface area contributed by atoms with Gasteiger partial charge in [-0.2, -0.15) is 13.2 Å². The Labute approximate surface area is 195 Å². The number of amides is 2. The topological polar surface area (TPSA) is 84.5 Å². The third-order valence-electron chi connectivity index (χ3n) is 5.42. The van der Waals surface area contributed by atoms with Crippen LogP contribution in [0, 0.1) is 0 Å². The van der Waals surface area contributed by atoms with Crippen LogP contribution >= 0.6 is 0 Å². The number of alkyl halides is 3. The van der Waals surface area contributed by atoms with E-state index in [9.17, 15) is 27.6 Å². The molecule has 33 heavy (non-hydrogen) atoms. The Hall–Kier alpha value is -2.10. The van der Waals surface area contributed by atoms with E-state index in [4.69, 9.17) is 4.74 Å². The second-order valence-corrected chi connectivity index (χ2v) is 8.58. The van der Waals surface area contributed by atoms with Crippen molar-refractivity contribution in [1.82, 2.24) is 10.6 Å². The van der Waals surface area contributed by atoms with E-state index in [0.29, 0.717) is 30.6 Å². The number of esters is 1. The lowest BCUT2D eigenvalue weighted by atomic mass is 10.1. The Kier molecular flexibility index (Phi) is 16.3. The summed E-state index contributed by atoms with van der Waals surface area (Å²) >= 11 is 0. The predicted octanol–water partition coefficient (Wildman–Crippen LogP) is 3.49. The van der Waals surface area contributed by atoms with Crippen LogP contribution in [-0.2, 0) is 19.1 Å². The van der Waals surface area contributed by atoms with Crippen molar-refractivity contribution in [3.8, 4) is 0 Å². The summed E-state index contributed by atoms with van der Waals surface area (Å²) in [4.78, 5) is 32.9. The summed E-state index contributed by atoms with van der Waals surface area (Å²) in [7, 11) is 2.07. The maximum Gasteiger partial charge on any atom is 0.471 e. The number of hydrogen-bond acceptors (Lipinski definition) is 4. The number of unbranched alkanes of at least 4 members (excludes halogenated alkanes) is 6. The average Bonchev–Trinajstić information content (AvgIpc) is 2.74. The largest absolute Gasteiger partial charge is 0.471 e. The third-order valence-corrected chi connectivity index (χ3v) is 5.42. The molecule has 0 aliphatic heterocycles. The Bertz CT molecular complexity index is 600. The molecule has 0 rings (SSSR count). The molecule has 1 atom stereocenters. The third kappa shape index (κ3) is 18.1. The van der Waals surface area contributed by atoms with Crippen LogP contribution in [0.1, 0.15) is 64.7 Å². The summed E-state index contributed by atoms with van der Waals surface area (Å²) in [6.07, 6.45) is 4.73. The number of halogens is 3. The molecule has 0 aromatic carbocycles. The van der Waals surface area contributed by atoms with Crippen molar-refractivity contribution in [2.45, 2.75) is 70.9 Å². The van der Waals surface area contributed by atoms with Crippen molar-refractivity contribution < 1.29 is 36.8 Å². The van der Waals surface area contributed by atoms with E-state index in [1.807, 2.05) is 5.32 Å². The van der Waals surface area contributed by atoms with Crippen LogP contribution in [0.4, 0.5) is 13.2 Å². The van der Waals surface area contributed by atoms with E-state index in [1.165, 1.54) is 6.92 Å². The molecule has 0 heterocycles. The molecule has 7 nitrogen and oxygen atoms in total. The minimum absolute atomic E-state index is 0.0139. The molecule has 2 N–H and O–H groups in total. The standard InChI is InChI=1S/C23H40F3N3O4/c1-4-21(31)33-19-11-9-7-5-6-8-10-16-29(3,17-12-14-27-20(2)30)18-13-15-28-22(32)23(24,25)26/h4H,1,5-19H2,2-3H3,(H-,27,28,30,32)/p+1. The number of quaternary nitrogens is 1. The zero-order valence-electron chi connectivity index (χ0n) is 20.1. The first-order chi connectivity index (χ1) is 15.5. The highest BCUT2D eigenvalue weighted by Crippen LogP contribution is 2.15. The van der Waals surface area contributed by atoms with Crippen LogP contribution in [0.3, 0.4) is 0 Å². The first kappa shape index (κ1) is 30.9. The van der Waals surface area contributed by atoms with Crippen LogP contribution in [0.5, 0.6) is 0 Å². The van der Waals surface area contributed by atoms with E-state index >= 15 is 0 Å². The van der Waals surface area contributed by atoms with Crippen molar-refractivity contribution in [3.63, 3.8) is 0 Å².